The van der Waals surface area contributed by atoms with E-state index >= 15 is 0 Å². The van der Waals surface area contributed by atoms with Gasteiger partial charge in [0.2, 0.25) is 0 Å². The molecule has 0 saturated heterocycles. The molecular formula is C7H5NZn. The van der Waals surface area contributed by atoms with Crippen molar-refractivity contribution in [1.82, 2.24) is 0 Å². The van der Waals surface area contributed by atoms with Gasteiger partial charge in [-0.25, -0.2) is 0 Å². The molecule has 0 aromatic heterocycles. The van der Waals surface area contributed by atoms with Crippen LogP contribution in [0.25, 0.3) is 0 Å². The molecule has 1 aromatic carbocycles. The summed E-state index contributed by atoms with van der Waals surface area (Å²) < 4.78 is 0. The number of hydrogen-bond donors (Lipinski definition) is 0. The van der Waals surface area contributed by atoms with Gasteiger partial charge in [-0.1, -0.05) is 18.2 Å². The van der Waals surface area contributed by atoms with E-state index in [0.29, 0.717) is 5.56 Å². The summed E-state index contributed by atoms with van der Waals surface area (Å²) in [6, 6.07) is 11.2. The van der Waals surface area contributed by atoms with E-state index in [-0.39, 0.29) is 19.5 Å². The zero-order chi connectivity index (χ0) is 5.82. The first kappa shape index (κ1) is 8.33. The quantitative estimate of drug-likeness (QED) is 0.540. The van der Waals surface area contributed by atoms with Crippen LogP contribution in [0.3, 0.4) is 0 Å². The van der Waals surface area contributed by atoms with Gasteiger partial charge in [-0.3, -0.25) is 0 Å². The minimum absolute atomic E-state index is 0. The first-order valence-corrected chi connectivity index (χ1v) is 2.38. The van der Waals surface area contributed by atoms with E-state index in [0.717, 1.165) is 0 Å². The van der Waals surface area contributed by atoms with Gasteiger partial charge in [0.05, 0.1) is 11.6 Å². The van der Waals surface area contributed by atoms with Crippen molar-refractivity contribution in [2.24, 2.45) is 0 Å². The predicted molar refractivity (Wildman–Crippen MR) is 31.2 cm³/mol. The van der Waals surface area contributed by atoms with Crippen molar-refractivity contribution in [1.29, 1.82) is 5.26 Å². The van der Waals surface area contributed by atoms with Crippen LogP contribution in [-0.4, -0.2) is 0 Å². The van der Waals surface area contributed by atoms with E-state index in [2.05, 4.69) is 0 Å². The Morgan fingerprint density at radius 2 is 1.67 bits per heavy atom. The van der Waals surface area contributed by atoms with E-state index in [9.17, 15) is 0 Å². The number of nitriles is 1. The molecule has 0 N–H and O–H groups in total. The molecule has 0 bridgehead atoms. The average molecular weight is 169 g/mol. The van der Waals surface area contributed by atoms with Crippen LogP contribution in [-0.2, 0) is 19.5 Å². The molecule has 2 heteroatoms. The zero-order valence-electron chi connectivity index (χ0n) is 5.04. The van der Waals surface area contributed by atoms with E-state index in [1.807, 2.05) is 24.3 Å². The molecular weight excluding hydrogens is 163 g/mol. The first-order valence-electron chi connectivity index (χ1n) is 2.38. The fourth-order valence-electron chi connectivity index (χ4n) is 0.513. The number of benzene rings is 1. The molecule has 9 heavy (non-hydrogen) atoms. The van der Waals surface area contributed by atoms with Gasteiger partial charge in [-0.15, -0.1) is 0 Å². The van der Waals surface area contributed by atoms with Crippen molar-refractivity contribution in [3.8, 4) is 6.07 Å². The van der Waals surface area contributed by atoms with Crippen molar-refractivity contribution in [2.75, 3.05) is 0 Å². The Hall–Kier alpha value is -0.667. The molecule has 0 radical (unpaired) electrons. The Bertz CT molecular complexity index is 200. The maximum atomic E-state index is 8.29. The van der Waals surface area contributed by atoms with Crippen LogP contribution in [0, 0.1) is 11.3 Å². The SMILES string of the molecule is N#Cc1ccccc1.[Zn]. The largest absolute Gasteiger partial charge is 0.192 e. The van der Waals surface area contributed by atoms with Crippen LogP contribution in [0.2, 0.25) is 0 Å². The predicted octanol–water partition coefficient (Wildman–Crippen LogP) is 1.56. The Labute approximate surface area is 67.1 Å². The van der Waals surface area contributed by atoms with Crippen LogP contribution >= 0.6 is 0 Å². The van der Waals surface area contributed by atoms with Gasteiger partial charge in [0.25, 0.3) is 0 Å². The van der Waals surface area contributed by atoms with Gasteiger partial charge >= 0.3 is 0 Å². The van der Waals surface area contributed by atoms with E-state index in [1.165, 1.54) is 0 Å². The Morgan fingerprint density at radius 3 is 2.00 bits per heavy atom. The number of rotatable bonds is 0. The van der Waals surface area contributed by atoms with E-state index < -0.39 is 0 Å². The van der Waals surface area contributed by atoms with Crippen molar-refractivity contribution >= 4 is 0 Å². The molecule has 0 aliphatic heterocycles. The minimum Gasteiger partial charge on any atom is -0.192 e. The summed E-state index contributed by atoms with van der Waals surface area (Å²) in [5, 5.41) is 8.29. The van der Waals surface area contributed by atoms with E-state index in [1.54, 1.807) is 12.1 Å². The topological polar surface area (TPSA) is 23.8 Å². The van der Waals surface area contributed by atoms with Crippen LogP contribution in [0.1, 0.15) is 5.56 Å². The maximum Gasteiger partial charge on any atom is 0.0991 e. The Morgan fingerprint density at radius 1 is 1.11 bits per heavy atom. The van der Waals surface area contributed by atoms with Crippen LogP contribution < -0.4 is 0 Å². The summed E-state index contributed by atoms with van der Waals surface area (Å²) in [6.45, 7) is 0. The average Bonchev–Trinajstić information content (AvgIpc) is 1.90. The number of nitrogens with zero attached hydrogens (tertiary/aromatic N) is 1. The molecule has 1 aromatic rings. The second-order valence-electron chi connectivity index (χ2n) is 1.48. The van der Waals surface area contributed by atoms with Gasteiger partial charge in [0.15, 0.2) is 0 Å². The summed E-state index contributed by atoms with van der Waals surface area (Å²) in [5.41, 5.74) is 0.715. The summed E-state index contributed by atoms with van der Waals surface area (Å²) >= 11 is 0. The molecule has 0 heterocycles. The van der Waals surface area contributed by atoms with Crippen molar-refractivity contribution in [3.05, 3.63) is 35.9 Å². The molecule has 0 spiro atoms. The maximum absolute atomic E-state index is 8.29. The van der Waals surface area contributed by atoms with Gasteiger partial charge in [0.1, 0.15) is 0 Å². The fraction of sp³-hybridized carbons (Fsp3) is 0. The monoisotopic (exact) mass is 167 g/mol. The summed E-state index contributed by atoms with van der Waals surface area (Å²) in [5.74, 6) is 0. The molecule has 40 valence electrons. The summed E-state index contributed by atoms with van der Waals surface area (Å²) in [6.07, 6.45) is 0. The third-order valence-corrected chi connectivity index (χ3v) is 0.903. The molecule has 0 amide bonds. The Kier molecular flexibility index (Phi) is 3.92. The third kappa shape index (κ3) is 2.39. The molecule has 1 nitrogen and oxygen atoms in total. The number of hydrogen-bond acceptors (Lipinski definition) is 1. The van der Waals surface area contributed by atoms with Crippen LogP contribution in [0.15, 0.2) is 30.3 Å². The van der Waals surface area contributed by atoms with Crippen molar-refractivity contribution in [3.63, 3.8) is 0 Å². The third-order valence-electron chi connectivity index (χ3n) is 0.903. The second kappa shape index (κ2) is 4.24. The molecule has 0 aliphatic rings. The molecule has 0 unspecified atom stereocenters. The molecule has 0 saturated carbocycles. The van der Waals surface area contributed by atoms with Crippen molar-refractivity contribution < 1.29 is 19.5 Å². The van der Waals surface area contributed by atoms with Crippen LogP contribution in [0.4, 0.5) is 0 Å². The molecule has 0 aliphatic carbocycles. The first-order chi connectivity index (χ1) is 3.93. The minimum atomic E-state index is 0. The molecule has 1 rings (SSSR count). The van der Waals surface area contributed by atoms with Gasteiger partial charge in [0, 0.05) is 19.5 Å². The summed E-state index contributed by atoms with van der Waals surface area (Å²) in [7, 11) is 0. The van der Waals surface area contributed by atoms with Gasteiger partial charge < -0.3 is 0 Å². The van der Waals surface area contributed by atoms with Gasteiger partial charge in [-0.05, 0) is 12.1 Å². The molecule has 0 atom stereocenters. The van der Waals surface area contributed by atoms with Crippen molar-refractivity contribution in [2.45, 2.75) is 0 Å². The standard InChI is InChI=1S/C7H5N.Zn/c8-6-7-4-2-1-3-5-7;/h1-5H;. The van der Waals surface area contributed by atoms with Gasteiger partial charge in [-0.2, -0.15) is 5.26 Å². The molecule has 0 fully saturated rings. The Balaban J connectivity index is 0.000000640. The summed E-state index contributed by atoms with van der Waals surface area (Å²) in [4.78, 5) is 0. The van der Waals surface area contributed by atoms with E-state index in [4.69, 9.17) is 5.26 Å². The smallest absolute Gasteiger partial charge is 0.0991 e. The fourth-order valence-corrected chi connectivity index (χ4v) is 0.513. The van der Waals surface area contributed by atoms with Crippen LogP contribution in [0.5, 0.6) is 0 Å². The zero-order valence-corrected chi connectivity index (χ0v) is 8.01. The second-order valence-corrected chi connectivity index (χ2v) is 1.48. The normalized spacial score (nSPS) is 7.00.